The Bertz CT molecular complexity index is 339. The van der Waals surface area contributed by atoms with Crippen molar-refractivity contribution < 1.29 is 9.13 Å². The van der Waals surface area contributed by atoms with Crippen LogP contribution in [0.1, 0.15) is 25.8 Å². The van der Waals surface area contributed by atoms with Crippen LogP contribution in [-0.4, -0.2) is 26.8 Å². The second kappa shape index (κ2) is 9.05. The maximum Gasteiger partial charge on any atom is 0.123 e. The highest BCUT2D eigenvalue weighted by atomic mass is 19.1. The minimum absolute atomic E-state index is 0.172. The van der Waals surface area contributed by atoms with Crippen molar-refractivity contribution in [2.24, 2.45) is 11.8 Å². The summed E-state index contributed by atoms with van der Waals surface area (Å²) in [7, 11) is 1.74. The summed E-state index contributed by atoms with van der Waals surface area (Å²) in [6.07, 6.45) is 2.10. The van der Waals surface area contributed by atoms with E-state index in [9.17, 15) is 4.39 Å². The molecule has 0 saturated heterocycles. The molecule has 1 rings (SSSR count). The lowest BCUT2D eigenvalue weighted by atomic mass is 9.88. The van der Waals surface area contributed by atoms with Gasteiger partial charge in [-0.2, -0.15) is 0 Å². The highest BCUT2D eigenvalue weighted by Gasteiger charge is 2.17. The van der Waals surface area contributed by atoms with Gasteiger partial charge in [0.25, 0.3) is 0 Å². The first-order chi connectivity index (χ1) is 9.17. The summed E-state index contributed by atoms with van der Waals surface area (Å²) in [5.41, 5.74) is 1.19. The van der Waals surface area contributed by atoms with Crippen LogP contribution in [0.5, 0.6) is 0 Å². The summed E-state index contributed by atoms with van der Waals surface area (Å²) in [5.74, 6) is 0.825. The second-order valence-electron chi connectivity index (χ2n) is 5.23. The number of benzene rings is 1. The van der Waals surface area contributed by atoms with Crippen LogP contribution in [0, 0.1) is 17.7 Å². The molecule has 19 heavy (non-hydrogen) atoms. The molecule has 1 aromatic rings. The van der Waals surface area contributed by atoms with Gasteiger partial charge in [0, 0.05) is 13.7 Å². The molecule has 0 aliphatic rings. The van der Waals surface area contributed by atoms with Crippen LogP contribution >= 0.6 is 0 Å². The van der Waals surface area contributed by atoms with Gasteiger partial charge in [0.05, 0.1) is 0 Å². The predicted molar refractivity (Wildman–Crippen MR) is 77.8 cm³/mol. The molecule has 1 N–H and O–H groups in total. The highest BCUT2D eigenvalue weighted by Crippen LogP contribution is 2.18. The van der Waals surface area contributed by atoms with Crippen molar-refractivity contribution in [3.8, 4) is 0 Å². The van der Waals surface area contributed by atoms with Crippen LogP contribution in [0.3, 0.4) is 0 Å². The van der Waals surface area contributed by atoms with E-state index < -0.39 is 0 Å². The second-order valence-corrected chi connectivity index (χ2v) is 5.23. The number of hydrogen-bond acceptors (Lipinski definition) is 2. The number of nitrogens with one attached hydrogen (secondary N) is 1. The molecule has 0 heterocycles. The lowest BCUT2D eigenvalue weighted by Gasteiger charge is -2.24. The Balaban J connectivity index is 2.58. The maximum atomic E-state index is 12.9. The van der Waals surface area contributed by atoms with Crippen molar-refractivity contribution in [2.75, 3.05) is 26.8 Å². The van der Waals surface area contributed by atoms with E-state index in [0.29, 0.717) is 11.8 Å². The summed E-state index contributed by atoms with van der Waals surface area (Å²) in [4.78, 5) is 0. The van der Waals surface area contributed by atoms with E-state index in [4.69, 9.17) is 4.74 Å². The number of ether oxygens (including phenoxy) is 1. The Hall–Kier alpha value is -0.930. The van der Waals surface area contributed by atoms with Crippen molar-refractivity contribution in [3.63, 3.8) is 0 Å². The number of hydrogen-bond donors (Lipinski definition) is 1. The van der Waals surface area contributed by atoms with Gasteiger partial charge in [0.15, 0.2) is 0 Å². The average molecular weight is 267 g/mol. The minimum Gasteiger partial charge on any atom is -0.384 e. The standard InChI is InChI=1S/C16H26FNO/c1-4-9-18-11-15(13(2)12-19-3)10-14-5-7-16(17)8-6-14/h5-8,13,15,18H,4,9-12H2,1-3H3. The number of rotatable bonds is 9. The van der Waals surface area contributed by atoms with Crippen LogP contribution in [0.25, 0.3) is 0 Å². The van der Waals surface area contributed by atoms with Gasteiger partial charge >= 0.3 is 0 Å². The quantitative estimate of drug-likeness (QED) is 0.693. The SMILES string of the molecule is CCCNCC(Cc1ccc(F)cc1)C(C)COC. The molecule has 2 unspecified atom stereocenters. The lowest BCUT2D eigenvalue weighted by molar-refractivity contribution is 0.128. The highest BCUT2D eigenvalue weighted by molar-refractivity contribution is 5.16. The third kappa shape index (κ3) is 6.17. The molecule has 0 saturated carbocycles. The fraction of sp³-hybridized carbons (Fsp3) is 0.625. The van der Waals surface area contributed by atoms with E-state index >= 15 is 0 Å². The first-order valence-corrected chi connectivity index (χ1v) is 7.11. The molecule has 0 aliphatic carbocycles. The van der Waals surface area contributed by atoms with Crippen LogP contribution in [0.2, 0.25) is 0 Å². The van der Waals surface area contributed by atoms with Gasteiger partial charge in [0.1, 0.15) is 5.82 Å². The largest absolute Gasteiger partial charge is 0.384 e. The van der Waals surface area contributed by atoms with Crippen molar-refractivity contribution in [1.29, 1.82) is 0 Å². The summed E-state index contributed by atoms with van der Waals surface area (Å²) in [6, 6.07) is 6.82. The molecule has 0 radical (unpaired) electrons. The fourth-order valence-corrected chi connectivity index (χ4v) is 2.26. The van der Waals surface area contributed by atoms with Gasteiger partial charge in [-0.25, -0.2) is 4.39 Å². The molecule has 0 aromatic heterocycles. The molecule has 0 fully saturated rings. The van der Waals surface area contributed by atoms with Crippen molar-refractivity contribution in [1.82, 2.24) is 5.32 Å². The first-order valence-electron chi connectivity index (χ1n) is 7.11. The topological polar surface area (TPSA) is 21.3 Å². The third-order valence-electron chi connectivity index (χ3n) is 3.48. The van der Waals surface area contributed by atoms with Crippen molar-refractivity contribution in [2.45, 2.75) is 26.7 Å². The number of halogens is 1. The predicted octanol–water partition coefficient (Wildman–Crippen LogP) is 3.27. The van der Waals surface area contributed by atoms with Gasteiger partial charge < -0.3 is 10.1 Å². The average Bonchev–Trinajstić information content (AvgIpc) is 2.40. The molecule has 2 nitrogen and oxygen atoms in total. The molecule has 0 spiro atoms. The monoisotopic (exact) mass is 267 g/mol. The lowest BCUT2D eigenvalue weighted by Crippen LogP contribution is -2.31. The zero-order valence-corrected chi connectivity index (χ0v) is 12.3. The fourth-order valence-electron chi connectivity index (χ4n) is 2.26. The van der Waals surface area contributed by atoms with Crippen LogP contribution in [0.15, 0.2) is 24.3 Å². The van der Waals surface area contributed by atoms with Gasteiger partial charge in [-0.1, -0.05) is 26.0 Å². The van der Waals surface area contributed by atoms with Crippen molar-refractivity contribution >= 4 is 0 Å². The normalized spacial score (nSPS) is 14.3. The molecule has 0 amide bonds. The molecule has 3 heteroatoms. The van der Waals surface area contributed by atoms with Crippen LogP contribution < -0.4 is 5.32 Å². The zero-order valence-electron chi connectivity index (χ0n) is 12.3. The van der Waals surface area contributed by atoms with Crippen LogP contribution in [0.4, 0.5) is 4.39 Å². The van der Waals surface area contributed by atoms with E-state index in [1.807, 2.05) is 12.1 Å². The molecule has 0 aliphatic heterocycles. The first kappa shape index (κ1) is 16.1. The zero-order chi connectivity index (χ0) is 14.1. The molecular weight excluding hydrogens is 241 g/mol. The molecule has 2 atom stereocenters. The van der Waals surface area contributed by atoms with Gasteiger partial charge in [0.2, 0.25) is 0 Å². The van der Waals surface area contributed by atoms with Crippen LogP contribution in [-0.2, 0) is 11.2 Å². The van der Waals surface area contributed by atoms with E-state index in [1.165, 1.54) is 17.7 Å². The summed E-state index contributed by atoms with van der Waals surface area (Å²) >= 11 is 0. The Kier molecular flexibility index (Phi) is 7.68. The maximum absolute atomic E-state index is 12.9. The summed E-state index contributed by atoms with van der Waals surface area (Å²) < 4.78 is 18.2. The van der Waals surface area contributed by atoms with Crippen molar-refractivity contribution in [3.05, 3.63) is 35.6 Å². The van der Waals surface area contributed by atoms with Gasteiger partial charge in [-0.3, -0.25) is 0 Å². The Morgan fingerprint density at radius 2 is 1.95 bits per heavy atom. The molecule has 1 aromatic carbocycles. The van der Waals surface area contributed by atoms with Gasteiger partial charge in [-0.15, -0.1) is 0 Å². The Labute approximate surface area is 116 Å². The molecular formula is C16H26FNO. The van der Waals surface area contributed by atoms with E-state index in [-0.39, 0.29) is 5.82 Å². The Morgan fingerprint density at radius 1 is 1.26 bits per heavy atom. The smallest absolute Gasteiger partial charge is 0.123 e. The third-order valence-corrected chi connectivity index (χ3v) is 3.48. The number of methoxy groups -OCH3 is 1. The summed E-state index contributed by atoms with van der Waals surface area (Å²) in [6.45, 7) is 7.17. The van der Waals surface area contributed by atoms with E-state index in [2.05, 4.69) is 19.2 Å². The van der Waals surface area contributed by atoms with E-state index in [0.717, 1.165) is 32.5 Å². The Morgan fingerprint density at radius 3 is 2.53 bits per heavy atom. The minimum atomic E-state index is -0.172. The van der Waals surface area contributed by atoms with Gasteiger partial charge in [-0.05, 0) is 55.5 Å². The molecule has 0 bridgehead atoms. The molecule has 108 valence electrons. The summed E-state index contributed by atoms with van der Waals surface area (Å²) in [5, 5.41) is 3.48. The van der Waals surface area contributed by atoms with E-state index in [1.54, 1.807) is 7.11 Å².